The molecule has 0 aromatic carbocycles. The summed E-state index contributed by atoms with van der Waals surface area (Å²) in [6.45, 7) is 0. The van der Waals surface area contributed by atoms with Crippen molar-refractivity contribution in [3.8, 4) is 0 Å². The molecule has 0 heterocycles. The Balaban J connectivity index is 0. The molecule has 0 aliphatic rings. The average molecular weight is 352 g/mol. The second-order valence-electron chi connectivity index (χ2n) is 0. The van der Waals surface area contributed by atoms with Gasteiger partial charge in [0.05, 0.1) is 0 Å². The van der Waals surface area contributed by atoms with Gasteiger partial charge in [0.1, 0.15) is 0 Å². The number of hydrogen-bond acceptors (Lipinski definition) is 0. The van der Waals surface area contributed by atoms with Crippen molar-refractivity contribution < 1.29 is 18.6 Å². The van der Waals surface area contributed by atoms with Crippen LogP contribution in [0.3, 0.4) is 0 Å². The van der Waals surface area contributed by atoms with Crippen molar-refractivity contribution in [2.45, 2.75) is 0 Å². The Hall–Kier alpha value is 2.56. The molecule has 31 valence electrons. The predicted molar refractivity (Wildman–Crippen MR) is 27.8 cm³/mol. The largest absolute Gasteiger partial charge is 2.00 e. The van der Waals surface area contributed by atoms with Crippen LogP contribution in [0.25, 0.3) is 0 Å². The van der Waals surface area contributed by atoms with Crippen LogP contribution in [0.1, 0.15) is 0 Å². The van der Waals surface area contributed by atoms with Gasteiger partial charge < -0.3 is 40.5 Å². The van der Waals surface area contributed by atoms with E-state index in [0.29, 0.717) is 0 Å². The van der Waals surface area contributed by atoms with E-state index >= 15 is 0 Å². The van der Waals surface area contributed by atoms with Crippen LogP contribution >= 0.6 is 0 Å². The zero-order valence-corrected chi connectivity index (χ0v) is 10.6. The van der Waals surface area contributed by atoms with Crippen LogP contribution in [0.4, 0.5) is 0 Å². The van der Waals surface area contributed by atoms with Gasteiger partial charge in [0.2, 0.25) is 0 Å². The molecule has 0 saturated heterocycles. The first-order valence-corrected chi connectivity index (χ1v) is 0. The first kappa shape index (κ1) is 49.7. The van der Waals surface area contributed by atoms with E-state index in [9.17, 15) is 0 Å². The van der Waals surface area contributed by atoms with E-state index < -0.39 is 0 Å². The third-order valence-corrected chi connectivity index (χ3v) is 0. The molecule has 5 heteroatoms. The Morgan fingerprint density at radius 1 is 0.600 bits per heavy atom. The summed E-state index contributed by atoms with van der Waals surface area (Å²) in [7, 11) is 0. The van der Waals surface area contributed by atoms with Crippen LogP contribution in [-0.2, 0) is 59.0 Å². The van der Waals surface area contributed by atoms with Crippen LogP contribution in [0.2, 0.25) is 0 Å². The molecule has 0 rings (SSSR count). The Kier molecular flexibility index (Phi) is 308. The van der Waals surface area contributed by atoms with Crippen molar-refractivity contribution in [1.29, 1.82) is 0 Å². The van der Waals surface area contributed by atoms with E-state index in [0.717, 1.165) is 0 Å². The third kappa shape index (κ3) is 20.8. The fourth-order valence-corrected chi connectivity index (χ4v) is 0. The molecule has 0 atom stereocenters. The minimum Gasteiger partial charge on any atom is -2.00 e. The molecule has 0 unspecified atom stereocenters. The molecule has 0 amide bonds. The van der Waals surface area contributed by atoms with E-state index in [1.54, 1.807) is 0 Å². The molecular weight excluding hydrogens is 352 g/mol. The summed E-state index contributed by atoms with van der Waals surface area (Å²) < 4.78 is 0. The molecule has 0 aliphatic heterocycles. The van der Waals surface area contributed by atoms with Crippen molar-refractivity contribution >= 4 is 67.8 Å². The van der Waals surface area contributed by atoms with E-state index in [2.05, 4.69) is 0 Å². The average Bonchev–Trinajstić information content (AvgIpc) is 0. The Morgan fingerprint density at radius 2 is 0.600 bits per heavy atom. The maximum Gasteiger partial charge on any atom is 1.00 e. The van der Waals surface area contributed by atoms with Crippen LogP contribution in [0, 0.1) is 0 Å². The monoisotopic (exact) mass is 352 g/mol. The summed E-state index contributed by atoms with van der Waals surface area (Å²) in [4.78, 5) is 0. The molecule has 0 fully saturated rings. The molecule has 0 nitrogen and oxygen atoms in total. The number of rotatable bonds is 0. The standard InChI is InChI=1S/3S.Tl.V/q3*-2;+1;. The SMILES string of the molecule is [S-2].[S-2].[S-2].[Tl+].[V]. The minimum atomic E-state index is 0. The molecule has 0 aromatic heterocycles. The van der Waals surface area contributed by atoms with Crippen LogP contribution in [-0.4, -0.2) is 27.3 Å². The Labute approximate surface area is 85.2 Å². The summed E-state index contributed by atoms with van der Waals surface area (Å²) in [5.74, 6) is 0. The molecule has 0 spiro atoms. The van der Waals surface area contributed by atoms with Gasteiger partial charge >= 0.3 is 27.3 Å². The van der Waals surface area contributed by atoms with Gasteiger partial charge in [-0.1, -0.05) is 0 Å². The summed E-state index contributed by atoms with van der Waals surface area (Å²) >= 11 is 0. The molecule has 0 aromatic rings. The smallest absolute Gasteiger partial charge is 1.00 e. The molecule has 5 heavy (non-hydrogen) atoms. The first-order valence-electron chi connectivity index (χ1n) is 0. The second-order valence-corrected chi connectivity index (χ2v) is 0. The molecule has 0 N–H and O–H groups in total. The topological polar surface area (TPSA) is 0 Å². The predicted octanol–water partition coefficient (Wildman–Crippen LogP) is -0.391. The maximum absolute atomic E-state index is 0. The molecule has 0 bridgehead atoms. The van der Waals surface area contributed by atoms with Crippen molar-refractivity contribution in [2.24, 2.45) is 0 Å². The van der Waals surface area contributed by atoms with E-state index in [4.69, 9.17) is 0 Å². The molecule has 0 saturated carbocycles. The fraction of sp³-hybridized carbons (Fsp3) is 0. The van der Waals surface area contributed by atoms with Gasteiger partial charge in [0, 0.05) is 18.6 Å². The van der Waals surface area contributed by atoms with Crippen LogP contribution < -0.4 is 0 Å². The van der Waals surface area contributed by atoms with Gasteiger partial charge in [-0.15, -0.1) is 0 Å². The fourth-order valence-electron chi connectivity index (χ4n) is 0. The minimum absolute atomic E-state index is 0. The summed E-state index contributed by atoms with van der Waals surface area (Å²) in [6, 6.07) is 0. The van der Waals surface area contributed by atoms with Gasteiger partial charge in [-0.25, -0.2) is 0 Å². The van der Waals surface area contributed by atoms with Crippen molar-refractivity contribution in [2.75, 3.05) is 0 Å². The van der Waals surface area contributed by atoms with Crippen molar-refractivity contribution in [1.82, 2.24) is 0 Å². The normalized spacial score (nSPS) is 0. The zero-order valence-electron chi connectivity index (χ0n) is 2.25. The zero-order chi connectivity index (χ0) is 0. The number of hydrogen-bond donors (Lipinski definition) is 0. The van der Waals surface area contributed by atoms with Gasteiger partial charge in [-0.2, -0.15) is 0 Å². The third-order valence-electron chi connectivity index (χ3n) is 0. The molecular formula is S3TlV-5. The van der Waals surface area contributed by atoms with Crippen molar-refractivity contribution in [3.63, 3.8) is 0 Å². The maximum atomic E-state index is 0. The van der Waals surface area contributed by atoms with Gasteiger partial charge in [-0.3, -0.25) is 0 Å². The van der Waals surface area contributed by atoms with Crippen molar-refractivity contribution in [3.05, 3.63) is 0 Å². The second kappa shape index (κ2) is 31.0. The van der Waals surface area contributed by atoms with Crippen LogP contribution in [0.5, 0.6) is 0 Å². The quantitative estimate of drug-likeness (QED) is 0.522. The van der Waals surface area contributed by atoms with Crippen LogP contribution in [0.15, 0.2) is 0 Å². The van der Waals surface area contributed by atoms with Gasteiger partial charge in [-0.05, 0) is 0 Å². The Morgan fingerprint density at radius 3 is 0.600 bits per heavy atom. The van der Waals surface area contributed by atoms with E-state index in [1.807, 2.05) is 0 Å². The van der Waals surface area contributed by atoms with Gasteiger partial charge in [0.25, 0.3) is 0 Å². The van der Waals surface area contributed by atoms with E-state index in [-0.39, 0.29) is 86.3 Å². The molecule has 0 aliphatic carbocycles. The molecule has 1 radical (unpaired) electrons. The van der Waals surface area contributed by atoms with E-state index in [1.165, 1.54) is 0 Å². The summed E-state index contributed by atoms with van der Waals surface area (Å²) in [6.07, 6.45) is 0. The summed E-state index contributed by atoms with van der Waals surface area (Å²) in [5, 5.41) is 0. The first-order chi connectivity index (χ1) is 0. The summed E-state index contributed by atoms with van der Waals surface area (Å²) in [5.41, 5.74) is 0. The van der Waals surface area contributed by atoms with Gasteiger partial charge in [0.15, 0.2) is 0 Å². The Bertz CT molecular complexity index is 6.85.